The van der Waals surface area contributed by atoms with E-state index in [1.54, 1.807) is 12.4 Å². The Morgan fingerprint density at radius 3 is 2.67 bits per heavy atom. The molecule has 27 heavy (non-hydrogen) atoms. The van der Waals surface area contributed by atoms with Gasteiger partial charge in [-0.3, -0.25) is 9.78 Å². The fourth-order valence-corrected chi connectivity index (χ4v) is 5.07. The van der Waals surface area contributed by atoms with Crippen molar-refractivity contribution in [3.05, 3.63) is 59.9 Å². The Bertz CT molecular complexity index is 777. The van der Waals surface area contributed by atoms with E-state index in [1.807, 2.05) is 28.8 Å². The minimum Gasteiger partial charge on any atom is -0.341 e. The Balaban J connectivity index is 1.28. The Hall–Kier alpha value is -1.89. The van der Waals surface area contributed by atoms with Crippen LogP contribution in [0.3, 0.4) is 0 Å². The van der Waals surface area contributed by atoms with Gasteiger partial charge in [-0.1, -0.05) is 17.7 Å². The normalized spacial score (nSPS) is 23.5. The Morgan fingerprint density at radius 2 is 1.93 bits per heavy atom. The van der Waals surface area contributed by atoms with Crippen LogP contribution in [0.1, 0.15) is 36.4 Å². The second-order valence-corrected chi connectivity index (χ2v) is 8.74. The third kappa shape index (κ3) is 4.51. The van der Waals surface area contributed by atoms with Gasteiger partial charge in [-0.15, -0.1) is 11.8 Å². The summed E-state index contributed by atoms with van der Waals surface area (Å²) >= 11 is 1.95. The van der Waals surface area contributed by atoms with Gasteiger partial charge in [0.25, 0.3) is 0 Å². The van der Waals surface area contributed by atoms with Gasteiger partial charge < -0.3 is 4.90 Å². The molecule has 0 aliphatic carbocycles. The molecular weight excluding hydrogens is 356 g/mol. The molecule has 2 N–H and O–H groups in total. The van der Waals surface area contributed by atoms with E-state index in [2.05, 4.69) is 47.0 Å². The zero-order valence-corrected chi connectivity index (χ0v) is 16.4. The molecule has 0 saturated carbocycles. The summed E-state index contributed by atoms with van der Waals surface area (Å²) in [6.45, 7) is 3.83. The number of aryl methyl sites for hydroxylation is 1. The van der Waals surface area contributed by atoms with Crippen molar-refractivity contribution in [2.24, 2.45) is 0 Å². The molecule has 142 valence electrons. The molecule has 2 atom stereocenters. The van der Waals surface area contributed by atoms with E-state index in [1.165, 1.54) is 16.0 Å². The van der Waals surface area contributed by atoms with Crippen molar-refractivity contribution in [3.8, 4) is 0 Å². The molecule has 6 heteroatoms. The molecule has 5 nitrogen and oxygen atoms in total. The highest BCUT2D eigenvalue weighted by Crippen LogP contribution is 2.31. The zero-order chi connectivity index (χ0) is 18.6. The zero-order valence-electron chi connectivity index (χ0n) is 15.6. The summed E-state index contributed by atoms with van der Waals surface area (Å²) in [5, 5.41) is 0.593. The summed E-state index contributed by atoms with van der Waals surface area (Å²) in [4.78, 5) is 20.3. The average Bonchev–Trinajstić information content (AvgIpc) is 3.19. The number of carbonyl (C=O) groups is 1. The Morgan fingerprint density at radius 1 is 1.15 bits per heavy atom. The molecule has 2 aliphatic rings. The first-order valence-corrected chi connectivity index (χ1v) is 10.5. The standard InChI is InChI=1S/C21H26N4OS/c1-15-3-2-4-18(13-15)27-17-7-11-25(12-8-17)21(26)20-14-19(23-24-20)16-5-9-22-10-6-16/h2-6,9-10,13,17,19-20,23-24H,7-8,11-12,14H2,1H3. The maximum Gasteiger partial charge on any atom is 0.241 e. The van der Waals surface area contributed by atoms with Crippen LogP contribution < -0.4 is 10.9 Å². The lowest BCUT2D eigenvalue weighted by Crippen LogP contribution is -2.48. The quantitative estimate of drug-likeness (QED) is 0.851. The van der Waals surface area contributed by atoms with E-state index < -0.39 is 0 Å². The van der Waals surface area contributed by atoms with Crippen LogP contribution in [-0.2, 0) is 4.79 Å². The lowest BCUT2D eigenvalue weighted by atomic mass is 10.0. The van der Waals surface area contributed by atoms with E-state index in [-0.39, 0.29) is 18.0 Å². The van der Waals surface area contributed by atoms with Crippen LogP contribution in [-0.4, -0.2) is 40.2 Å². The predicted molar refractivity (Wildman–Crippen MR) is 108 cm³/mol. The summed E-state index contributed by atoms with van der Waals surface area (Å²) in [7, 11) is 0. The molecule has 3 heterocycles. The van der Waals surface area contributed by atoms with Crippen LogP contribution in [0, 0.1) is 6.92 Å². The number of nitrogens with zero attached hydrogens (tertiary/aromatic N) is 2. The minimum atomic E-state index is -0.149. The van der Waals surface area contributed by atoms with Crippen LogP contribution >= 0.6 is 11.8 Å². The number of piperidine rings is 1. The number of thioether (sulfide) groups is 1. The van der Waals surface area contributed by atoms with Crippen molar-refractivity contribution < 1.29 is 4.79 Å². The second-order valence-electron chi connectivity index (χ2n) is 7.37. The van der Waals surface area contributed by atoms with Gasteiger partial charge in [-0.2, -0.15) is 0 Å². The number of rotatable bonds is 4. The molecule has 4 rings (SSSR count). The fraction of sp³-hybridized carbons (Fsp3) is 0.429. The number of hydrazine groups is 1. The highest BCUT2D eigenvalue weighted by Gasteiger charge is 2.34. The second kappa shape index (κ2) is 8.42. The lowest BCUT2D eigenvalue weighted by molar-refractivity contribution is -0.134. The summed E-state index contributed by atoms with van der Waals surface area (Å²) in [6, 6.07) is 12.7. The van der Waals surface area contributed by atoms with E-state index in [0.29, 0.717) is 5.25 Å². The molecule has 2 fully saturated rings. The molecule has 1 aromatic heterocycles. The van der Waals surface area contributed by atoms with Gasteiger partial charge >= 0.3 is 0 Å². The van der Waals surface area contributed by atoms with Crippen molar-refractivity contribution in [1.29, 1.82) is 0 Å². The van der Waals surface area contributed by atoms with Crippen molar-refractivity contribution in [1.82, 2.24) is 20.7 Å². The highest BCUT2D eigenvalue weighted by molar-refractivity contribution is 8.00. The smallest absolute Gasteiger partial charge is 0.241 e. The molecule has 1 aromatic carbocycles. The average molecular weight is 383 g/mol. The SMILES string of the molecule is Cc1cccc(SC2CCN(C(=O)C3CC(c4ccncc4)NN3)CC2)c1. The number of likely N-dealkylation sites (tertiary alicyclic amines) is 1. The Kier molecular flexibility index (Phi) is 5.76. The maximum atomic E-state index is 12.9. The molecule has 0 bridgehead atoms. The highest BCUT2D eigenvalue weighted by atomic mass is 32.2. The summed E-state index contributed by atoms with van der Waals surface area (Å²) < 4.78 is 0. The van der Waals surface area contributed by atoms with Gasteiger partial charge in [-0.25, -0.2) is 10.9 Å². The molecular formula is C21H26N4OS. The van der Waals surface area contributed by atoms with Crippen LogP contribution in [0.15, 0.2) is 53.7 Å². The lowest BCUT2D eigenvalue weighted by Gasteiger charge is -2.33. The van der Waals surface area contributed by atoms with Gasteiger partial charge in [0.2, 0.25) is 5.91 Å². The maximum absolute atomic E-state index is 12.9. The van der Waals surface area contributed by atoms with Crippen molar-refractivity contribution >= 4 is 17.7 Å². The van der Waals surface area contributed by atoms with E-state index in [0.717, 1.165) is 32.4 Å². The molecule has 0 spiro atoms. The van der Waals surface area contributed by atoms with E-state index in [4.69, 9.17) is 0 Å². The number of benzene rings is 1. The summed E-state index contributed by atoms with van der Waals surface area (Å²) in [6.07, 6.45) is 6.48. The molecule has 2 aromatic rings. The third-order valence-electron chi connectivity index (χ3n) is 5.36. The first kappa shape index (κ1) is 18.5. The number of hydrogen-bond acceptors (Lipinski definition) is 5. The molecule has 2 unspecified atom stereocenters. The van der Waals surface area contributed by atoms with Gasteiger partial charge in [0, 0.05) is 41.7 Å². The number of amides is 1. The Labute approximate surface area is 164 Å². The summed E-state index contributed by atoms with van der Waals surface area (Å²) in [5.74, 6) is 0.220. The van der Waals surface area contributed by atoms with Crippen LogP contribution in [0.25, 0.3) is 0 Å². The van der Waals surface area contributed by atoms with Gasteiger partial charge in [0.1, 0.15) is 6.04 Å². The first-order valence-electron chi connectivity index (χ1n) is 9.62. The number of aromatic nitrogens is 1. The molecule has 2 saturated heterocycles. The van der Waals surface area contributed by atoms with Crippen LogP contribution in [0.5, 0.6) is 0 Å². The van der Waals surface area contributed by atoms with E-state index >= 15 is 0 Å². The van der Waals surface area contributed by atoms with Crippen molar-refractivity contribution in [3.63, 3.8) is 0 Å². The van der Waals surface area contributed by atoms with E-state index in [9.17, 15) is 4.79 Å². The number of carbonyl (C=O) groups excluding carboxylic acids is 1. The molecule has 1 amide bonds. The number of hydrogen-bond donors (Lipinski definition) is 2. The summed E-state index contributed by atoms with van der Waals surface area (Å²) in [5.41, 5.74) is 8.92. The van der Waals surface area contributed by atoms with Crippen molar-refractivity contribution in [2.45, 2.75) is 48.4 Å². The largest absolute Gasteiger partial charge is 0.341 e. The monoisotopic (exact) mass is 382 g/mol. The molecule has 2 aliphatic heterocycles. The topological polar surface area (TPSA) is 57.3 Å². The van der Waals surface area contributed by atoms with Gasteiger partial charge in [0.15, 0.2) is 0 Å². The minimum absolute atomic E-state index is 0.149. The third-order valence-corrected chi connectivity index (χ3v) is 6.69. The van der Waals surface area contributed by atoms with Crippen LogP contribution in [0.2, 0.25) is 0 Å². The fourth-order valence-electron chi connectivity index (χ4n) is 3.83. The van der Waals surface area contributed by atoms with Crippen molar-refractivity contribution in [2.75, 3.05) is 13.1 Å². The first-order chi connectivity index (χ1) is 13.2. The predicted octanol–water partition coefficient (Wildman–Crippen LogP) is 3.08. The van der Waals surface area contributed by atoms with Gasteiger partial charge in [-0.05, 0) is 56.0 Å². The van der Waals surface area contributed by atoms with Crippen LogP contribution in [0.4, 0.5) is 0 Å². The number of nitrogens with one attached hydrogen (secondary N) is 2. The molecule has 0 radical (unpaired) electrons. The van der Waals surface area contributed by atoms with Gasteiger partial charge in [0.05, 0.1) is 0 Å². The number of pyridine rings is 1.